The number of fused-ring (bicyclic) bond motifs is 2. The summed E-state index contributed by atoms with van der Waals surface area (Å²) in [7, 11) is 3.24. The molecule has 2 fully saturated rings. The van der Waals surface area contributed by atoms with Gasteiger partial charge in [0.2, 0.25) is 0 Å². The van der Waals surface area contributed by atoms with Crippen molar-refractivity contribution in [3.63, 3.8) is 0 Å². The Bertz CT molecular complexity index is 1290. The highest BCUT2D eigenvalue weighted by Gasteiger charge is 2.55. The molecule has 0 saturated carbocycles. The van der Waals surface area contributed by atoms with Gasteiger partial charge in [0.05, 0.1) is 17.7 Å². The molecule has 3 aromatic rings. The summed E-state index contributed by atoms with van der Waals surface area (Å²) in [6.07, 6.45) is 0.302. The second-order valence-corrected chi connectivity index (χ2v) is 9.27. The summed E-state index contributed by atoms with van der Waals surface area (Å²) in [5.41, 5.74) is 1.45. The van der Waals surface area contributed by atoms with Crippen molar-refractivity contribution in [3.8, 4) is 28.3 Å². The van der Waals surface area contributed by atoms with Crippen LogP contribution in [0.3, 0.4) is 0 Å². The quantitative estimate of drug-likeness (QED) is 0.585. The third-order valence-corrected chi connectivity index (χ3v) is 7.11. The van der Waals surface area contributed by atoms with Crippen LogP contribution in [0.25, 0.3) is 22.5 Å². The first-order valence-electron chi connectivity index (χ1n) is 11.4. The summed E-state index contributed by atoms with van der Waals surface area (Å²) in [6.45, 7) is 0. The van der Waals surface area contributed by atoms with Crippen LogP contribution in [0, 0.1) is 5.92 Å². The van der Waals surface area contributed by atoms with Gasteiger partial charge < -0.3 is 19.9 Å². The van der Waals surface area contributed by atoms with E-state index < -0.39 is 24.2 Å². The highest BCUT2D eigenvalue weighted by Crippen LogP contribution is 2.43. The van der Waals surface area contributed by atoms with E-state index in [1.807, 2.05) is 0 Å². The molecule has 11 heteroatoms. The first-order chi connectivity index (χ1) is 16.6. The number of aromatic nitrogens is 4. The Balaban J connectivity index is 1.38. The highest BCUT2D eigenvalue weighted by atomic mass is 19.4. The zero-order valence-corrected chi connectivity index (χ0v) is 19.2. The first kappa shape index (κ1) is 23.3. The number of anilines is 1. The lowest BCUT2D eigenvalue weighted by atomic mass is 9.85. The Hall–Kier alpha value is -3.47. The Morgan fingerprint density at radius 1 is 1.14 bits per heavy atom. The van der Waals surface area contributed by atoms with Crippen molar-refractivity contribution in [2.75, 3.05) is 11.9 Å². The maximum Gasteiger partial charge on any atom is 0.395 e. The molecule has 5 rings (SSSR count). The molecule has 8 nitrogen and oxygen atoms in total. The van der Waals surface area contributed by atoms with Gasteiger partial charge in [0.15, 0.2) is 11.6 Å². The van der Waals surface area contributed by atoms with Gasteiger partial charge in [-0.2, -0.15) is 13.2 Å². The summed E-state index contributed by atoms with van der Waals surface area (Å²) < 4.78 is 43.1. The van der Waals surface area contributed by atoms with Crippen LogP contribution >= 0.6 is 0 Å². The van der Waals surface area contributed by atoms with E-state index in [4.69, 9.17) is 0 Å². The van der Waals surface area contributed by atoms with E-state index in [0.29, 0.717) is 29.5 Å². The second kappa shape index (κ2) is 8.63. The molecule has 4 heterocycles. The molecule has 35 heavy (non-hydrogen) atoms. The van der Waals surface area contributed by atoms with E-state index in [1.54, 1.807) is 38.5 Å². The number of alkyl halides is 3. The van der Waals surface area contributed by atoms with E-state index >= 15 is 0 Å². The minimum atomic E-state index is -4.33. The number of pyridine rings is 1. The molecule has 2 bridgehead atoms. The number of phenolic OH excluding ortho intramolecular Hbond substituents is 1. The fraction of sp³-hybridized carbons (Fsp3) is 0.417. The largest absolute Gasteiger partial charge is 0.507 e. The van der Waals surface area contributed by atoms with Gasteiger partial charge in [-0.25, -0.2) is 4.98 Å². The number of rotatable bonds is 4. The van der Waals surface area contributed by atoms with Crippen LogP contribution in [0.1, 0.15) is 19.3 Å². The van der Waals surface area contributed by atoms with Gasteiger partial charge in [-0.3, -0.25) is 4.79 Å². The molecule has 0 aliphatic carbocycles. The van der Waals surface area contributed by atoms with Crippen molar-refractivity contribution in [2.24, 2.45) is 13.0 Å². The maximum atomic E-state index is 13.9. The summed E-state index contributed by atoms with van der Waals surface area (Å²) in [4.78, 5) is 17.7. The fourth-order valence-corrected chi connectivity index (χ4v) is 5.22. The molecule has 2 saturated heterocycles. The van der Waals surface area contributed by atoms with Crippen LogP contribution in [0.15, 0.2) is 47.5 Å². The van der Waals surface area contributed by atoms with Gasteiger partial charge in [-0.1, -0.05) is 6.07 Å². The first-order valence-corrected chi connectivity index (χ1v) is 11.4. The molecule has 2 N–H and O–H groups in total. The van der Waals surface area contributed by atoms with Crippen molar-refractivity contribution >= 4 is 5.82 Å². The fourth-order valence-electron chi connectivity index (χ4n) is 5.22. The van der Waals surface area contributed by atoms with E-state index in [1.165, 1.54) is 27.8 Å². The van der Waals surface area contributed by atoms with E-state index in [-0.39, 0.29) is 29.0 Å². The molecular weight excluding hydrogens is 461 g/mol. The maximum absolute atomic E-state index is 13.9. The number of benzene rings is 1. The number of phenols is 1. The zero-order valence-electron chi connectivity index (χ0n) is 19.2. The number of aryl methyl sites for hydroxylation is 1. The number of nitrogens with zero attached hydrogens (tertiary/aromatic N) is 5. The van der Waals surface area contributed by atoms with E-state index in [0.717, 1.165) is 6.42 Å². The second-order valence-electron chi connectivity index (χ2n) is 9.27. The van der Waals surface area contributed by atoms with Crippen molar-refractivity contribution in [2.45, 2.75) is 43.6 Å². The third-order valence-electron chi connectivity index (χ3n) is 7.11. The number of hydrogen-bond donors (Lipinski definition) is 2. The monoisotopic (exact) mass is 486 g/mol. The van der Waals surface area contributed by atoms with Gasteiger partial charge in [0, 0.05) is 44.5 Å². The van der Waals surface area contributed by atoms with Gasteiger partial charge in [0.1, 0.15) is 5.75 Å². The van der Waals surface area contributed by atoms with Crippen molar-refractivity contribution in [1.82, 2.24) is 25.1 Å². The van der Waals surface area contributed by atoms with Crippen LogP contribution in [0.2, 0.25) is 0 Å². The van der Waals surface area contributed by atoms with Crippen molar-refractivity contribution in [3.05, 3.63) is 53.1 Å². The molecule has 0 unspecified atom stereocenters. The van der Waals surface area contributed by atoms with Gasteiger partial charge in [-0.15, -0.1) is 10.2 Å². The zero-order chi connectivity index (χ0) is 24.9. The normalized spacial score (nSPS) is 23.9. The van der Waals surface area contributed by atoms with Crippen LogP contribution in [-0.4, -0.2) is 56.2 Å². The highest BCUT2D eigenvalue weighted by molar-refractivity contribution is 5.72. The molecule has 2 aliphatic heterocycles. The minimum absolute atomic E-state index is 0.0616. The lowest BCUT2D eigenvalue weighted by molar-refractivity contribution is -0.191. The van der Waals surface area contributed by atoms with Crippen LogP contribution < -0.4 is 15.8 Å². The summed E-state index contributed by atoms with van der Waals surface area (Å²) in [5, 5.41) is 21.9. The average Bonchev–Trinajstić information content (AvgIpc) is 3.19. The van der Waals surface area contributed by atoms with Gasteiger partial charge >= 0.3 is 6.18 Å². The Kier molecular flexibility index (Phi) is 5.74. The van der Waals surface area contributed by atoms with Crippen LogP contribution in [-0.2, 0) is 7.05 Å². The van der Waals surface area contributed by atoms with Gasteiger partial charge in [-0.05, 0) is 48.6 Å². The topological polar surface area (TPSA) is 96.2 Å². The summed E-state index contributed by atoms with van der Waals surface area (Å²) in [5.74, 6) is -1.21. The number of piperidine rings is 1. The molecule has 0 amide bonds. The third kappa shape index (κ3) is 4.36. The van der Waals surface area contributed by atoms with Crippen molar-refractivity contribution < 1.29 is 18.3 Å². The van der Waals surface area contributed by atoms with Crippen molar-refractivity contribution in [1.29, 1.82) is 0 Å². The molecule has 1 aromatic carbocycles. The Morgan fingerprint density at radius 3 is 2.57 bits per heavy atom. The predicted molar refractivity (Wildman–Crippen MR) is 124 cm³/mol. The number of halogens is 3. The summed E-state index contributed by atoms with van der Waals surface area (Å²) in [6, 6.07) is 6.79. The van der Waals surface area contributed by atoms with E-state index in [2.05, 4.69) is 20.5 Å². The smallest absolute Gasteiger partial charge is 0.395 e. The Labute approximate surface area is 199 Å². The summed E-state index contributed by atoms with van der Waals surface area (Å²) >= 11 is 0. The number of hydrogen-bond acceptors (Lipinski definition) is 7. The minimum Gasteiger partial charge on any atom is -0.507 e. The SMILES string of the molecule is CN(c1cnc(-c2ccc(-c3ccn(C)c(=O)c3)cc2O)nn1)[C@@H]1C[C@@H]2CC[C@@H](N2)[C@@H]1C(F)(F)F. The van der Waals surface area contributed by atoms with Crippen LogP contribution in [0.4, 0.5) is 19.0 Å². The standard InChI is InChI=1S/C24H25F3N6O2/c1-32-8-7-14(10-21(32)35)13-3-5-16(19(34)9-13)23-28-12-20(30-31-23)33(2)18-11-15-4-6-17(29-15)22(18)24(25,26)27/h3,5,7-10,12,15,17-18,22,29,34H,4,6,11H2,1-2H3/t15-,17+,18+,22-/m0/s1. The lowest BCUT2D eigenvalue weighted by Gasteiger charge is -2.43. The number of aromatic hydroxyl groups is 1. The molecular formula is C24H25F3N6O2. The van der Waals surface area contributed by atoms with Gasteiger partial charge in [0.25, 0.3) is 5.56 Å². The number of nitrogens with one attached hydrogen (secondary N) is 1. The molecule has 0 spiro atoms. The molecule has 2 aromatic heterocycles. The van der Waals surface area contributed by atoms with Crippen LogP contribution in [0.5, 0.6) is 5.75 Å². The molecule has 2 aliphatic rings. The average molecular weight is 486 g/mol. The molecule has 184 valence electrons. The molecule has 4 atom stereocenters. The van der Waals surface area contributed by atoms with E-state index in [9.17, 15) is 23.1 Å². The Morgan fingerprint density at radius 2 is 1.91 bits per heavy atom. The molecule has 0 radical (unpaired) electrons. The lowest BCUT2D eigenvalue weighted by Crippen LogP contribution is -2.59. The predicted octanol–water partition coefficient (Wildman–Crippen LogP) is 3.12.